The summed E-state index contributed by atoms with van der Waals surface area (Å²) in [5.74, 6) is -2.16. The van der Waals surface area contributed by atoms with Gasteiger partial charge in [0, 0.05) is 67.3 Å². The first-order chi connectivity index (χ1) is 59.2. The van der Waals surface area contributed by atoms with Gasteiger partial charge in [-0.1, -0.05) is 173 Å². The topological polar surface area (TPSA) is 296 Å². The van der Waals surface area contributed by atoms with Crippen LogP contribution >= 0.6 is 0 Å². The van der Waals surface area contributed by atoms with Crippen molar-refractivity contribution >= 4 is 45.4 Å². The van der Waals surface area contributed by atoms with Crippen LogP contribution in [0, 0.1) is 52.3 Å². The van der Waals surface area contributed by atoms with E-state index in [0.717, 1.165) is 19.3 Å². The Hall–Kier alpha value is -1.12. The van der Waals surface area contributed by atoms with Gasteiger partial charge in [-0.25, -0.2) is 0 Å². The Balaban J connectivity index is 0.000000757. The van der Waals surface area contributed by atoms with Gasteiger partial charge < -0.3 is 106 Å². The number of aliphatic hydroxyl groups excluding tert-OH is 2. The van der Waals surface area contributed by atoms with E-state index in [4.69, 9.17) is 65.2 Å². The van der Waals surface area contributed by atoms with E-state index in [1.165, 1.54) is 0 Å². The molecule has 0 spiro atoms. The minimum absolute atomic E-state index is 0.0153. The molecule has 0 radical (unpaired) electrons. The number of likely N-dealkylation sites (N-methyl/N-ethyl adjacent to an activating group) is 2. The van der Waals surface area contributed by atoms with E-state index in [1.807, 2.05) is 62.4 Å². The highest BCUT2D eigenvalue weighted by atomic mass is 28.4. The fourth-order valence-corrected chi connectivity index (χ4v) is 26.2. The Bertz CT molecular complexity index is 3420. The standard InChI is InChI=1S/C51H102N2O10Si2.C36H76N2O7Si.C15H32O2Si.CO2/c1-26-39-51(18,56)43(62-64(22,23)47(9,10)11)36(7)53(21)30-31(2)28-50(17,55)42(61-46-33(4)38(52(19)20)27-32(3)57-46)34(5)41(35(6)45(54)59-39)60-40-29-49(15,16)44(37(8)58-40)63-65(24,25)48(12,13)14;1-18-29(39)26(6)31(44-33-25(5)28(37(13)14)20-24(4)43-33)35(11,41)21-23(3)22-38(15)27(7)32(36(12,42)30(40)19-2)45-46(16,17)34(8,9)10;1-11-10-15(6,7)13(12(2)16-11)17-18(8,9)14(3,4)5;2-1-3/h31-44,46,55-56H,26-30H2,1-25H3;23-33,39-42H,18-22H2,1-17H3;11-13H,10H2,1-9H3;/t31-,32-,33-,34+,35-,36-,37+,38+,39-,40?,41+,42-,43-,44+,46?,50-,51-;23-,24-,25-,26+,27-,28+,29-,30-,31-,32-,33?,35-,36-;11?,12-,13-;/m110./s1. The van der Waals surface area contributed by atoms with E-state index in [9.17, 15) is 35.4 Å². The summed E-state index contributed by atoms with van der Waals surface area (Å²) < 4.78 is 81.1. The van der Waals surface area contributed by atoms with Crippen molar-refractivity contribution in [2.24, 2.45) is 52.3 Å². The predicted molar refractivity (Wildman–Crippen MR) is 545 cm³/mol. The highest BCUT2D eigenvalue weighted by molar-refractivity contribution is 6.75. The summed E-state index contributed by atoms with van der Waals surface area (Å²) >= 11 is 0. The molecule has 0 aliphatic carbocycles. The third kappa shape index (κ3) is 34.0. The van der Waals surface area contributed by atoms with Crippen molar-refractivity contribution < 1.29 is 101 Å². The average Bonchev–Trinajstić information content (AvgIpc) is 1.03. The van der Waals surface area contributed by atoms with Gasteiger partial charge in [-0.05, 0) is 272 Å². The molecular weight excluding hydrogens is 1740 g/mol. The van der Waals surface area contributed by atoms with Crippen LogP contribution in [0.5, 0.6) is 0 Å². The second-order valence-electron chi connectivity index (χ2n) is 51.1. The Morgan fingerprint density at radius 1 is 0.545 bits per heavy atom. The summed E-state index contributed by atoms with van der Waals surface area (Å²) in [5.41, 5.74) is -5.80. The van der Waals surface area contributed by atoms with Crippen LogP contribution in [0.4, 0.5) is 0 Å². The van der Waals surface area contributed by atoms with E-state index < -0.39 is 141 Å². The first-order valence-corrected chi connectivity index (χ1v) is 62.4. The Morgan fingerprint density at radius 3 is 1.36 bits per heavy atom. The molecule has 132 heavy (non-hydrogen) atoms. The minimum Gasteiger partial charge on any atom is -0.459 e. The number of ether oxygens (including phenoxy) is 8. The minimum atomic E-state index is -2.47. The lowest BCUT2D eigenvalue weighted by atomic mass is 9.77. The molecular formula is C103H210N4O21Si4. The van der Waals surface area contributed by atoms with Crippen LogP contribution in [-0.2, 0) is 70.0 Å². The fraction of sp³-hybridized carbons (Fsp3) is 0.981. The maximum Gasteiger partial charge on any atom is 0.373 e. The lowest BCUT2D eigenvalue weighted by Crippen LogP contribution is -2.63. The quantitative estimate of drug-likeness (QED) is 0.0288. The van der Waals surface area contributed by atoms with Gasteiger partial charge in [-0.2, -0.15) is 9.59 Å². The SMILES string of the molecule is CC1CC(C)(C)[C@@H](O[Si](C)(C)C(C)(C)C)[C@H](C)O1.CC[C@@H](O)[C@H](C)[C@@H](OC1O[C@H](C)C[C@H](N(C)C)[C@H]1C)[C@](C)(O)C[C@@H](C)CN(C)[C@H](C)[C@@H](O[Si](C)(C)C(C)(C)C)[C@](C)(O)[C@H](O)CC.CC[C@H]1OC(=O)[C@H](C)[C@@H](OC2CC(C)(C)[C@@H](O[Si](C)(C)C(C)(C)C)[C@H](C)O2)[C@H](C)[C@@H](OC2O[C@H](C)C[C@H](N(C)C)[C@H]2C)[C@](C)(O)C[C@@H](C)CN(C)[C@H](C)[C@@H](O[Si](C)(C)C(C)(C)C)[C@]1(C)O.O=C=O. The lowest BCUT2D eigenvalue weighted by Gasteiger charge is -2.51. The number of esters is 1. The summed E-state index contributed by atoms with van der Waals surface area (Å²) in [5, 5.41) is 71.6. The third-order valence-corrected chi connectivity index (χ3v) is 50.7. The Morgan fingerprint density at radius 2 is 0.962 bits per heavy atom. The number of nitrogens with zero attached hydrogens (tertiary/aromatic N) is 4. The van der Waals surface area contributed by atoms with E-state index in [1.54, 1.807) is 13.8 Å². The van der Waals surface area contributed by atoms with Crippen LogP contribution in [0.25, 0.3) is 0 Å². The van der Waals surface area contributed by atoms with Crippen molar-refractivity contribution in [1.82, 2.24) is 19.6 Å². The summed E-state index contributed by atoms with van der Waals surface area (Å²) in [7, 11) is 3.75. The molecule has 5 aliphatic rings. The van der Waals surface area contributed by atoms with Gasteiger partial charge in [0.25, 0.3) is 0 Å². The number of carbonyl (C=O) groups excluding carboxylic acids is 3. The van der Waals surface area contributed by atoms with Gasteiger partial charge in [0.05, 0.1) is 103 Å². The Labute approximate surface area is 812 Å². The molecule has 5 aliphatic heterocycles. The molecule has 5 heterocycles. The molecule has 0 amide bonds. The number of hydrogen-bond acceptors (Lipinski definition) is 25. The molecule has 0 bridgehead atoms. The molecule has 29 heteroatoms. The smallest absolute Gasteiger partial charge is 0.373 e. The summed E-state index contributed by atoms with van der Waals surface area (Å²) in [6, 6.07) is -0.0123. The first kappa shape index (κ1) is 127. The number of hydrogen-bond donors (Lipinski definition) is 6. The van der Waals surface area contributed by atoms with Gasteiger partial charge in [0.1, 0.15) is 17.3 Å². The Kier molecular flexibility index (Phi) is 47.5. The predicted octanol–water partition coefficient (Wildman–Crippen LogP) is 19.4. The van der Waals surface area contributed by atoms with E-state index in [-0.39, 0.29) is 128 Å². The molecule has 5 rings (SSSR count). The highest BCUT2D eigenvalue weighted by Crippen LogP contribution is 2.51. The third-order valence-electron chi connectivity index (χ3n) is 32.8. The molecule has 25 nitrogen and oxygen atoms in total. The summed E-state index contributed by atoms with van der Waals surface area (Å²) in [6.07, 6.45) is -1.89. The number of carbonyl (C=O) groups is 1. The number of aliphatic hydroxyl groups is 6. The van der Waals surface area contributed by atoms with Crippen LogP contribution in [0.15, 0.2) is 0 Å². The molecule has 5 saturated heterocycles. The molecule has 4 unspecified atom stereocenters. The van der Waals surface area contributed by atoms with Crippen LogP contribution in [-0.4, -0.2) is 308 Å². The van der Waals surface area contributed by atoms with Crippen LogP contribution < -0.4 is 0 Å². The van der Waals surface area contributed by atoms with Crippen molar-refractivity contribution in [1.29, 1.82) is 0 Å². The van der Waals surface area contributed by atoms with Crippen LogP contribution in [0.3, 0.4) is 0 Å². The van der Waals surface area contributed by atoms with Crippen molar-refractivity contribution in [3.63, 3.8) is 0 Å². The molecule has 0 aromatic carbocycles. The first-order valence-electron chi connectivity index (χ1n) is 50.7. The zero-order valence-electron chi connectivity index (χ0n) is 94.1. The van der Waals surface area contributed by atoms with Crippen LogP contribution in [0.2, 0.25) is 72.5 Å². The maximum atomic E-state index is 15.0. The molecule has 33 atom stereocenters. The van der Waals surface area contributed by atoms with Gasteiger partial charge in [-0.3, -0.25) is 4.79 Å². The van der Waals surface area contributed by atoms with Crippen molar-refractivity contribution in [2.45, 2.75) is 543 Å². The van der Waals surface area contributed by atoms with Gasteiger partial charge in [0.15, 0.2) is 52.1 Å². The normalized spacial score (nSPS) is 35.3. The second kappa shape index (κ2) is 49.4. The average molecular weight is 1950 g/mol. The molecule has 0 aromatic rings. The molecule has 784 valence electrons. The molecule has 5 fully saturated rings. The van der Waals surface area contributed by atoms with E-state index >= 15 is 0 Å². The second-order valence-corrected chi connectivity index (χ2v) is 70.1. The van der Waals surface area contributed by atoms with Gasteiger partial charge >= 0.3 is 12.1 Å². The van der Waals surface area contributed by atoms with Crippen molar-refractivity contribution in [3.05, 3.63) is 0 Å². The van der Waals surface area contributed by atoms with Crippen LogP contribution in [0.1, 0.15) is 314 Å². The molecule has 0 aromatic heterocycles. The number of rotatable bonds is 30. The zero-order chi connectivity index (χ0) is 104. The van der Waals surface area contributed by atoms with E-state index in [0.29, 0.717) is 57.7 Å². The fourth-order valence-electron chi connectivity index (χ4n) is 20.4. The summed E-state index contributed by atoms with van der Waals surface area (Å²) in [6.45, 7) is 96.9. The van der Waals surface area contributed by atoms with Gasteiger partial charge in [-0.15, -0.1) is 0 Å². The molecule has 6 N–H and O–H groups in total. The maximum absolute atomic E-state index is 15.0. The summed E-state index contributed by atoms with van der Waals surface area (Å²) in [4.78, 5) is 40.1. The van der Waals surface area contributed by atoms with E-state index in [2.05, 4.69) is 294 Å². The monoisotopic (exact) mass is 1950 g/mol. The molecule has 0 saturated carbocycles. The van der Waals surface area contributed by atoms with Gasteiger partial charge in [0.2, 0.25) is 0 Å². The lowest BCUT2D eigenvalue weighted by molar-refractivity contribution is -0.304. The van der Waals surface area contributed by atoms with Crippen molar-refractivity contribution in [2.75, 3.05) is 55.4 Å². The highest BCUT2D eigenvalue weighted by Gasteiger charge is 2.58. The largest absolute Gasteiger partial charge is 0.459 e. The zero-order valence-corrected chi connectivity index (χ0v) is 98.1. The van der Waals surface area contributed by atoms with Crippen molar-refractivity contribution in [3.8, 4) is 0 Å². The number of cyclic esters (lactones) is 1.